The zero-order valence-electron chi connectivity index (χ0n) is 14.8. The molecule has 1 aliphatic heterocycles. The highest BCUT2D eigenvalue weighted by atomic mass is 16.6. The number of hydrogen-bond donors (Lipinski definition) is 1. The smallest absolute Gasteiger partial charge is 0.270 e. The lowest BCUT2D eigenvalue weighted by atomic mass is 10.1. The topological polar surface area (TPSA) is 105 Å². The Balaban J connectivity index is 1.72. The van der Waals surface area contributed by atoms with Gasteiger partial charge in [-0.05, 0) is 13.0 Å². The lowest BCUT2D eigenvalue weighted by Gasteiger charge is -2.36. The number of benzene rings is 1. The van der Waals surface area contributed by atoms with Gasteiger partial charge in [-0.3, -0.25) is 19.8 Å². The number of nitro benzene ring substituents is 1. The Labute approximate surface area is 150 Å². The number of carbonyl (C=O) groups excluding carboxylic acids is 1. The zero-order chi connectivity index (χ0) is 18.7. The molecule has 1 amide bonds. The van der Waals surface area contributed by atoms with E-state index in [0.717, 1.165) is 37.6 Å². The van der Waals surface area contributed by atoms with Crippen molar-refractivity contribution in [1.82, 2.24) is 15.4 Å². The van der Waals surface area contributed by atoms with Crippen LogP contribution in [0.15, 0.2) is 28.8 Å². The minimum Gasteiger partial charge on any atom is -0.368 e. The first-order valence-electron chi connectivity index (χ1n) is 8.38. The number of anilines is 1. The molecule has 1 N–H and O–H groups in total. The van der Waals surface area contributed by atoms with Crippen molar-refractivity contribution in [2.75, 3.05) is 38.1 Å². The molecule has 0 radical (unpaired) electrons. The third-order valence-corrected chi connectivity index (χ3v) is 4.44. The maximum Gasteiger partial charge on any atom is 0.270 e. The fourth-order valence-electron chi connectivity index (χ4n) is 3.10. The molecule has 0 bridgehead atoms. The maximum absolute atomic E-state index is 12.2. The van der Waals surface area contributed by atoms with Gasteiger partial charge in [0.15, 0.2) is 0 Å². The number of carbonyl (C=O) groups is 1. The van der Waals surface area contributed by atoms with Crippen LogP contribution in [-0.4, -0.2) is 54.1 Å². The predicted octanol–water partition coefficient (Wildman–Crippen LogP) is 1.57. The molecule has 2 heterocycles. The second-order valence-electron chi connectivity index (χ2n) is 6.23. The Morgan fingerprint density at radius 2 is 2.04 bits per heavy atom. The van der Waals surface area contributed by atoms with Crippen molar-refractivity contribution in [3.8, 4) is 0 Å². The lowest BCUT2D eigenvalue weighted by Crippen LogP contribution is -2.46. The molecule has 1 aromatic carbocycles. The molecule has 1 saturated heterocycles. The first kappa shape index (κ1) is 17.9. The van der Waals surface area contributed by atoms with Crippen molar-refractivity contribution in [2.24, 2.45) is 0 Å². The summed E-state index contributed by atoms with van der Waals surface area (Å²) in [7, 11) is 1.52. The molecule has 9 heteroatoms. The van der Waals surface area contributed by atoms with E-state index in [0.29, 0.717) is 17.8 Å². The number of nitrogens with zero attached hydrogens (tertiary/aromatic N) is 4. The highest BCUT2D eigenvalue weighted by Crippen LogP contribution is 2.27. The Morgan fingerprint density at radius 3 is 2.62 bits per heavy atom. The highest BCUT2D eigenvalue weighted by molar-refractivity contribution is 6.00. The number of rotatable bonds is 5. The summed E-state index contributed by atoms with van der Waals surface area (Å²) in [6, 6.07) is 6.34. The van der Waals surface area contributed by atoms with Crippen LogP contribution in [0.2, 0.25) is 0 Å². The number of piperazine rings is 1. The molecule has 0 atom stereocenters. The molecule has 0 unspecified atom stereocenters. The summed E-state index contributed by atoms with van der Waals surface area (Å²) in [6.07, 6.45) is 0. The van der Waals surface area contributed by atoms with E-state index in [1.807, 2.05) is 13.0 Å². The van der Waals surface area contributed by atoms with E-state index in [4.69, 9.17) is 4.52 Å². The minimum atomic E-state index is -0.492. The van der Waals surface area contributed by atoms with Gasteiger partial charge in [0, 0.05) is 58.0 Å². The third kappa shape index (κ3) is 3.83. The van der Waals surface area contributed by atoms with Crippen molar-refractivity contribution >= 4 is 17.3 Å². The number of non-ortho nitro benzene ring substituents is 1. The third-order valence-electron chi connectivity index (χ3n) is 4.44. The van der Waals surface area contributed by atoms with E-state index in [1.54, 1.807) is 6.07 Å². The van der Waals surface area contributed by atoms with Crippen molar-refractivity contribution in [3.05, 3.63) is 51.4 Å². The number of nitro groups is 1. The van der Waals surface area contributed by atoms with Crippen LogP contribution in [0.1, 0.15) is 21.8 Å². The van der Waals surface area contributed by atoms with E-state index < -0.39 is 4.92 Å². The number of aryl methyl sites for hydroxylation is 1. The average Bonchev–Trinajstić information content (AvgIpc) is 3.06. The fraction of sp³-hybridized carbons (Fsp3) is 0.412. The number of amides is 1. The monoisotopic (exact) mass is 359 g/mol. The van der Waals surface area contributed by atoms with E-state index in [9.17, 15) is 14.9 Å². The minimum absolute atomic E-state index is 0.0904. The van der Waals surface area contributed by atoms with Crippen molar-refractivity contribution in [3.63, 3.8) is 0 Å². The molecule has 0 aliphatic carbocycles. The molecule has 2 aromatic rings. The van der Waals surface area contributed by atoms with Crippen molar-refractivity contribution < 1.29 is 14.2 Å². The van der Waals surface area contributed by atoms with Crippen LogP contribution in [0.25, 0.3) is 0 Å². The molecule has 1 fully saturated rings. The quantitative estimate of drug-likeness (QED) is 0.638. The second kappa shape index (κ2) is 7.52. The summed E-state index contributed by atoms with van der Waals surface area (Å²) >= 11 is 0. The fourth-order valence-corrected chi connectivity index (χ4v) is 3.10. The van der Waals surface area contributed by atoms with E-state index in [-0.39, 0.29) is 11.6 Å². The molecule has 9 nitrogen and oxygen atoms in total. The largest absolute Gasteiger partial charge is 0.368 e. The molecule has 1 aliphatic rings. The van der Waals surface area contributed by atoms with Gasteiger partial charge in [0.1, 0.15) is 5.76 Å². The first-order valence-corrected chi connectivity index (χ1v) is 8.38. The molecule has 0 spiro atoms. The van der Waals surface area contributed by atoms with Gasteiger partial charge in [0.05, 0.1) is 21.9 Å². The summed E-state index contributed by atoms with van der Waals surface area (Å²) in [6.45, 7) is 5.63. The second-order valence-corrected chi connectivity index (χ2v) is 6.23. The standard InChI is InChI=1S/C17H21N5O4/c1-12-9-13(19-26-12)11-20-5-7-21(8-6-20)16-4-3-14(22(24)25)10-15(16)17(23)18-2/h3-4,9-10H,5-8,11H2,1-2H3,(H,18,23). The van der Waals surface area contributed by atoms with E-state index in [2.05, 4.69) is 20.3 Å². The van der Waals surface area contributed by atoms with Crippen molar-refractivity contribution in [1.29, 1.82) is 0 Å². The van der Waals surface area contributed by atoms with Gasteiger partial charge in [-0.15, -0.1) is 0 Å². The van der Waals surface area contributed by atoms with E-state index >= 15 is 0 Å². The molecule has 3 rings (SSSR count). The summed E-state index contributed by atoms with van der Waals surface area (Å²) < 4.78 is 5.09. The normalized spacial score (nSPS) is 15.1. The Bertz CT molecular complexity index is 811. The highest BCUT2D eigenvalue weighted by Gasteiger charge is 2.24. The number of hydrogen-bond acceptors (Lipinski definition) is 7. The molecule has 1 aromatic heterocycles. The molecular weight excluding hydrogens is 338 g/mol. The van der Waals surface area contributed by atoms with Crippen LogP contribution in [0.5, 0.6) is 0 Å². The van der Waals surface area contributed by atoms with Gasteiger partial charge < -0.3 is 14.7 Å². The van der Waals surface area contributed by atoms with Gasteiger partial charge in [0.2, 0.25) is 0 Å². The van der Waals surface area contributed by atoms with Gasteiger partial charge in [-0.25, -0.2) is 0 Å². The number of aromatic nitrogens is 1. The van der Waals surface area contributed by atoms with Crippen LogP contribution in [0.3, 0.4) is 0 Å². The van der Waals surface area contributed by atoms with Gasteiger partial charge in [-0.2, -0.15) is 0 Å². The predicted molar refractivity (Wildman–Crippen MR) is 95.2 cm³/mol. The summed E-state index contributed by atoms with van der Waals surface area (Å²) in [5.74, 6) is 0.462. The van der Waals surface area contributed by atoms with Crippen LogP contribution in [0.4, 0.5) is 11.4 Å². The first-order chi connectivity index (χ1) is 12.5. The zero-order valence-corrected chi connectivity index (χ0v) is 14.8. The maximum atomic E-state index is 12.2. The van der Waals surface area contributed by atoms with Crippen LogP contribution < -0.4 is 10.2 Å². The number of nitrogens with one attached hydrogen (secondary N) is 1. The van der Waals surface area contributed by atoms with Gasteiger partial charge in [-0.1, -0.05) is 5.16 Å². The summed E-state index contributed by atoms with van der Waals surface area (Å²) in [5, 5.41) is 17.6. The summed E-state index contributed by atoms with van der Waals surface area (Å²) in [5.41, 5.74) is 1.85. The lowest BCUT2D eigenvalue weighted by molar-refractivity contribution is -0.384. The molecule has 0 saturated carbocycles. The van der Waals surface area contributed by atoms with Crippen molar-refractivity contribution in [2.45, 2.75) is 13.5 Å². The van der Waals surface area contributed by atoms with Gasteiger partial charge in [0.25, 0.3) is 11.6 Å². The Hall–Kier alpha value is -2.94. The van der Waals surface area contributed by atoms with Crippen LogP contribution in [0, 0.1) is 17.0 Å². The SMILES string of the molecule is CNC(=O)c1cc([N+](=O)[O-])ccc1N1CCN(Cc2cc(C)on2)CC1. The van der Waals surface area contributed by atoms with Crippen LogP contribution in [-0.2, 0) is 6.54 Å². The molecule has 138 valence electrons. The average molecular weight is 359 g/mol. The Morgan fingerprint density at radius 1 is 1.31 bits per heavy atom. The molecule has 26 heavy (non-hydrogen) atoms. The Kier molecular flexibility index (Phi) is 5.17. The molecular formula is C17H21N5O4. The van der Waals surface area contributed by atoms with Crippen LogP contribution >= 0.6 is 0 Å². The summed E-state index contributed by atoms with van der Waals surface area (Å²) in [4.78, 5) is 27.0. The van der Waals surface area contributed by atoms with E-state index in [1.165, 1.54) is 19.2 Å². The van der Waals surface area contributed by atoms with Gasteiger partial charge >= 0.3 is 0 Å².